The Labute approximate surface area is 228 Å². The van der Waals surface area contributed by atoms with Gasteiger partial charge in [-0.3, -0.25) is 14.6 Å². The van der Waals surface area contributed by atoms with E-state index in [4.69, 9.17) is 4.42 Å². The predicted molar refractivity (Wildman–Crippen MR) is 138 cm³/mol. The van der Waals surface area contributed by atoms with Gasteiger partial charge in [-0.1, -0.05) is 6.07 Å². The molecule has 2 aliphatic rings. The molecular formula is C28H30F3N5O4. The quantitative estimate of drug-likeness (QED) is 0.351. The van der Waals surface area contributed by atoms with Crippen molar-refractivity contribution >= 4 is 11.8 Å². The van der Waals surface area contributed by atoms with Crippen molar-refractivity contribution in [2.24, 2.45) is 11.8 Å². The van der Waals surface area contributed by atoms with Crippen LogP contribution in [0.15, 0.2) is 59.5 Å². The molecule has 2 amide bonds. The van der Waals surface area contributed by atoms with Crippen molar-refractivity contribution in [1.29, 1.82) is 0 Å². The van der Waals surface area contributed by atoms with E-state index < -0.39 is 29.7 Å². The Morgan fingerprint density at radius 2 is 1.95 bits per heavy atom. The summed E-state index contributed by atoms with van der Waals surface area (Å²) in [5.41, 5.74) is 0.362. The average Bonchev–Trinajstić information content (AvgIpc) is 3.65. The zero-order valence-corrected chi connectivity index (χ0v) is 21.5. The largest absolute Gasteiger partial charge is 0.444 e. The third kappa shape index (κ3) is 6.18. The van der Waals surface area contributed by atoms with Gasteiger partial charge in [-0.25, -0.2) is 4.98 Å². The molecule has 2 fully saturated rings. The van der Waals surface area contributed by atoms with Crippen LogP contribution in [0.1, 0.15) is 46.8 Å². The van der Waals surface area contributed by atoms with Crippen molar-refractivity contribution < 1.29 is 32.3 Å². The van der Waals surface area contributed by atoms with Gasteiger partial charge < -0.3 is 25.5 Å². The Morgan fingerprint density at radius 3 is 2.73 bits per heavy atom. The number of hydrogen-bond donors (Lipinski definition) is 4. The molecule has 1 saturated carbocycles. The van der Waals surface area contributed by atoms with E-state index >= 15 is 0 Å². The van der Waals surface area contributed by atoms with Gasteiger partial charge in [-0.2, -0.15) is 13.2 Å². The molecule has 1 aliphatic heterocycles. The van der Waals surface area contributed by atoms with E-state index in [1.165, 1.54) is 12.3 Å². The summed E-state index contributed by atoms with van der Waals surface area (Å²) in [6.07, 6.45) is 1.62. The summed E-state index contributed by atoms with van der Waals surface area (Å²) in [5.74, 6) is -0.700. The third-order valence-electron chi connectivity index (χ3n) is 7.78. The number of amides is 2. The molecule has 1 aromatic carbocycles. The molecule has 40 heavy (non-hydrogen) atoms. The molecule has 4 unspecified atom stereocenters. The molecule has 1 saturated heterocycles. The summed E-state index contributed by atoms with van der Waals surface area (Å²) in [6.45, 7) is 0.869. The number of carbonyl (C=O) groups excluding carboxylic acids is 2. The van der Waals surface area contributed by atoms with Crippen LogP contribution in [0.4, 0.5) is 13.2 Å². The Kier molecular flexibility index (Phi) is 8.17. The minimum absolute atomic E-state index is 0.0898. The molecule has 0 radical (unpaired) electrons. The van der Waals surface area contributed by atoms with E-state index in [-0.39, 0.29) is 35.9 Å². The van der Waals surface area contributed by atoms with Crippen LogP contribution in [0.2, 0.25) is 0 Å². The summed E-state index contributed by atoms with van der Waals surface area (Å²) in [7, 11) is 0. The highest BCUT2D eigenvalue weighted by Crippen LogP contribution is 2.43. The number of aliphatic hydroxyl groups is 1. The highest BCUT2D eigenvalue weighted by atomic mass is 19.4. The molecule has 0 bridgehead atoms. The number of nitrogens with zero attached hydrogens (tertiary/aromatic N) is 2. The number of pyridine rings is 1. The van der Waals surface area contributed by atoms with Crippen molar-refractivity contribution in [3.05, 3.63) is 71.9 Å². The fourth-order valence-electron chi connectivity index (χ4n) is 5.83. The van der Waals surface area contributed by atoms with Crippen LogP contribution in [0.25, 0.3) is 11.5 Å². The zero-order valence-electron chi connectivity index (χ0n) is 21.5. The Balaban J connectivity index is 1.20. The monoisotopic (exact) mass is 557 g/mol. The molecule has 4 N–H and O–H groups in total. The van der Waals surface area contributed by atoms with E-state index in [2.05, 4.69) is 25.9 Å². The maximum Gasteiger partial charge on any atom is 0.416 e. The van der Waals surface area contributed by atoms with Crippen LogP contribution >= 0.6 is 0 Å². The smallest absolute Gasteiger partial charge is 0.416 e. The molecular weight excluding hydrogens is 527 g/mol. The summed E-state index contributed by atoms with van der Waals surface area (Å²) < 4.78 is 44.4. The first kappa shape index (κ1) is 27.8. The maximum absolute atomic E-state index is 13.0. The van der Waals surface area contributed by atoms with Crippen molar-refractivity contribution in [1.82, 2.24) is 25.9 Å². The minimum Gasteiger partial charge on any atom is -0.444 e. The van der Waals surface area contributed by atoms with Crippen LogP contribution < -0.4 is 16.0 Å². The predicted octanol–water partition coefficient (Wildman–Crippen LogP) is 3.13. The molecule has 0 spiro atoms. The van der Waals surface area contributed by atoms with Gasteiger partial charge in [0, 0.05) is 36.8 Å². The van der Waals surface area contributed by atoms with Crippen LogP contribution in [0.3, 0.4) is 0 Å². The number of nitrogens with one attached hydrogen (secondary N) is 3. The van der Waals surface area contributed by atoms with Gasteiger partial charge >= 0.3 is 6.18 Å². The molecule has 1 aliphatic carbocycles. The van der Waals surface area contributed by atoms with E-state index in [9.17, 15) is 27.9 Å². The number of halogens is 3. The van der Waals surface area contributed by atoms with Gasteiger partial charge in [0.1, 0.15) is 6.26 Å². The lowest BCUT2D eigenvalue weighted by molar-refractivity contribution is -0.137. The standard InChI is InChI=1S/C28H30F3N5O4/c29-28(30,31)18-4-1-3-17(11-18)26(39)35-15-24(38)36-22-14-32-13-21(22)16-6-7-23(37)20(12-16)25-19(5-2-8-33-25)27-34-9-10-40-27/h1-5,8-11,16,20-23,32,37H,6-7,12-15H2,(H,35,39)(H,36,38)/t16?,20?,21?,22-,23?/m0/s1. The van der Waals surface area contributed by atoms with Crippen LogP contribution in [-0.2, 0) is 11.0 Å². The van der Waals surface area contributed by atoms with Gasteiger partial charge in [0.05, 0.1) is 35.7 Å². The van der Waals surface area contributed by atoms with Crippen LogP contribution in [-0.4, -0.2) is 58.7 Å². The van der Waals surface area contributed by atoms with E-state index in [1.54, 1.807) is 18.5 Å². The van der Waals surface area contributed by atoms with Gasteiger partial charge in [0.15, 0.2) is 0 Å². The summed E-state index contributed by atoms with van der Waals surface area (Å²) in [5, 5.41) is 19.6. The number of aliphatic hydroxyl groups excluding tert-OH is 1. The SMILES string of the molecule is O=C(CNC(=O)c1cccc(C(F)(F)F)c1)N[C@H]1CNCC1C1CCC(O)C(c2ncccc2-c2ncco2)C1. The summed E-state index contributed by atoms with van der Waals surface area (Å²) >= 11 is 0. The lowest BCUT2D eigenvalue weighted by Crippen LogP contribution is -2.47. The molecule has 3 heterocycles. The fraction of sp³-hybridized carbons (Fsp3) is 0.429. The second-order valence-corrected chi connectivity index (χ2v) is 10.3. The highest BCUT2D eigenvalue weighted by Gasteiger charge is 2.41. The van der Waals surface area contributed by atoms with Crippen molar-refractivity contribution in [3.63, 3.8) is 0 Å². The van der Waals surface area contributed by atoms with Gasteiger partial charge in [0.25, 0.3) is 5.91 Å². The Morgan fingerprint density at radius 1 is 1.10 bits per heavy atom. The highest BCUT2D eigenvalue weighted by molar-refractivity contribution is 5.96. The normalized spacial score (nSPS) is 24.9. The van der Waals surface area contributed by atoms with Crippen molar-refractivity contribution in [2.75, 3.05) is 19.6 Å². The van der Waals surface area contributed by atoms with E-state index in [0.29, 0.717) is 31.8 Å². The van der Waals surface area contributed by atoms with Gasteiger partial charge in [0.2, 0.25) is 11.8 Å². The number of oxazole rings is 1. The topological polar surface area (TPSA) is 129 Å². The number of alkyl halides is 3. The molecule has 5 atom stereocenters. The number of rotatable bonds is 7. The first-order valence-corrected chi connectivity index (χ1v) is 13.2. The molecule has 12 heteroatoms. The third-order valence-corrected chi connectivity index (χ3v) is 7.78. The van der Waals surface area contributed by atoms with Crippen molar-refractivity contribution in [2.45, 2.75) is 43.5 Å². The van der Waals surface area contributed by atoms with Crippen LogP contribution in [0, 0.1) is 11.8 Å². The van der Waals surface area contributed by atoms with E-state index in [1.807, 2.05) is 6.07 Å². The van der Waals surface area contributed by atoms with Crippen molar-refractivity contribution in [3.8, 4) is 11.5 Å². The minimum atomic E-state index is -4.57. The average molecular weight is 558 g/mol. The number of aromatic nitrogens is 2. The maximum atomic E-state index is 13.0. The second-order valence-electron chi connectivity index (χ2n) is 10.3. The first-order chi connectivity index (χ1) is 19.2. The molecule has 2 aromatic heterocycles. The number of hydrogen-bond acceptors (Lipinski definition) is 7. The fourth-order valence-corrected chi connectivity index (χ4v) is 5.83. The lowest BCUT2D eigenvalue weighted by Gasteiger charge is -2.38. The number of benzene rings is 1. The Hall–Kier alpha value is -3.77. The van der Waals surface area contributed by atoms with Gasteiger partial charge in [-0.15, -0.1) is 0 Å². The first-order valence-electron chi connectivity index (χ1n) is 13.2. The Bertz CT molecular complexity index is 1330. The molecule has 9 nitrogen and oxygen atoms in total. The van der Waals surface area contributed by atoms with Gasteiger partial charge in [-0.05, 0) is 61.4 Å². The number of carbonyl (C=O) groups is 2. The molecule has 212 valence electrons. The van der Waals surface area contributed by atoms with Crippen LogP contribution in [0.5, 0.6) is 0 Å². The second kappa shape index (κ2) is 11.8. The summed E-state index contributed by atoms with van der Waals surface area (Å²) in [4.78, 5) is 33.9. The van der Waals surface area contributed by atoms with E-state index in [0.717, 1.165) is 35.9 Å². The molecule has 3 aromatic rings. The molecule has 5 rings (SSSR count). The lowest BCUT2D eigenvalue weighted by atomic mass is 9.70. The zero-order chi connectivity index (χ0) is 28.3. The summed E-state index contributed by atoms with van der Waals surface area (Å²) in [6, 6.07) is 7.53.